The lowest BCUT2D eigenvalue weighted by atomic mass is 10.1. The highest BCUT2D eigenvalue weighted by molar-refractivity contribution is 9.11. The molecule has 0 saturated carbocycles. The first-order valence-electron chi connectivity index (χ1n) is 5.77. The molecule has 0 fully saturated rings. The van der Waals surface area contributed by atoms with Crippen LogP contribution >= 0.6 is 43.2 Å². The minimum absolute atomic E-state index is 0.590. The highest BCUT2D eigenvalue weighted by atomic mass is 79.9. The van der Waals surface area contributed by atoms with Crippen molar-refractivity contribution in [2.45, 2.75) is 6.61 Å². The van der Waals surface area contributed by atoms with Crippen LogP contribution in [0.3, 0.4) is 0 Å². The molecule has 0 unspecified atom stereocenters. The average Bonchev–Trinajstić information content (AvgIpc) is 2.84. The molecule has 19 heavy (non-hydrogen) atoms. The van der Waals surface area contributed by atoms with Gasteiger partial charge in [0.15, 0.2) is 0 Å². The van der Waals surface area contributed by atoms with Crippen molar-refractivity contribution >= 4 is 54.0 Å². The van der Waals surface area contributed by atoms with Crippen LogP contribution in [0.5, 0.6) is 5.75 Å². The van der Waals surface area contributed by atoms with Crippen molar-refractivity contribution in [3.05, 3.63) is 61.7 Å². The van der Waals surface area contributed by atoms with E-state index in [0.29, 0.717) is 6.61 Å². The summed E-state index contributed by atoms with van der Waals surface area (Å²) in [6.45, 7) is 0.590. The molecule has 0 atom stereocenters. The van der Waals surface area contributed by atoms with E-state index in [4.69, 9.17) is 4.74 Å². The van der Waals surface area contributed by atoms with E-state index >= 15 is 0 Å². The molecule has 0 bridgehead atoms. The molecule has 1 nitrogen and oxygen atoms in total. The minimum atomic E-state index is 0.590. The van der Waals surface area contributed by atoms with Crippen LogP contribution in [0.1, 0.15) is 4.88 Å². The lowest BCUT2D eigenvalue weighted by molar-refractivity contribution is 0.308. The summed E-state index contributed by atoms with van der Waals surface area (Å²) in [6.07, 6.45) is 0. The molecule has 0 saturated heterocycles. The molecule has 0 aliphatic heterocycles. The van der Waals surface area contributed by atoms with Crippen LogP contribution in [-0.4, -0.2) is 0 Å². The van der Waals surface area contributed by atoms with Gasteiger partial charge in [0.1, 0.15) is 12.4 Å². The maximum atomic E-state index is 5.89. The fraction of sp³-hybridized carbons (Fsp3) is 0.0667. The predicted molar refractivity (Wildman–Crippen MR) is 88.0 cm³/mol. The van der Waals surface area contributed by atoms with Gasteiger partial charge >= 0.3 is 0 Å². The summed E-state index contributed by atoms with van der Waals surface area (Å²) in [5, 5.41) is 4.45. The number of ether oxygens (including phenoxy) is 1. The number of thiophene rings is 1. The molecular weight excluding hydrogens is 388 g/mol. The van der Waals surface area contributed by atoms with E-state index in [-0.39, 0.29) is 0 Å². The molecule has 0 N–H and O–H groups in total. The van der Waals surface area contributed by atoms with E-state index in [0.717, 1.165) is 14.7 Å². The molecule has 0 aliphatic rings. The first-order valence-corrected chi connectivity index (χ1v) is 8.23. The van der Waals surface area contributed by atoms with Gasteiger partial charge in [-0.25, -0.2) is 0 Å². The number of halogens is 2. The second-order valence-corrected chi connectivity index (χ2v) is 6.82. The molecule has 0 amide bonds. The Balaban J connectivity index is 1.87. The SMILES string of the molecule is Brc1csc(COc2ccc3ccccc3c2Br)c1. The van der Waals surface area contributed by atoms with Crippen LogP contribution in [-0.2, 0) is 6.61 Å². The number of fused-ring (bicyclic) bond motifs is 1. The third-order valence-corrected chi connectivity index (χ3v) is 5.31. The molecule has 0 spiro atoms. The van der Waals surface area contributed by atoms with Crippen molar-refractivity contribution in [2.24, 2.45) is 0 Å². The molecule has 0 radical (unpaired) electrons. The first kappa shape index (κ1) is 13.2. The van der Waals surface area contributed by atoms with Gasteiger partial charge in [0.05, 0.1) is 4.47 Å². The minimum Gasteiger partial charge on any atom is -0.487 e. The number of hydrogen-bond acceptors (Lipinski definition) is 2. The topological polar surface area (TPSA) is 9.23 Å². The smallest absolute Gasteiger partial charge is 0.134 e. The fourth-order valence-corrected chi connectivity index (χ4v) is 3.87. The van der Waals surface area contributed by atoms with E-state index in [1.807, 2.05) is 18.2 Å². The van der Waals surface area contributed by atoms with Crippen LogP contribution in [0.2, 0.25) is 0 Å². The van der Waals surface area contributed by atoms with Crippen molar-refractivity contribution in [2.75, 3.05) is 0 Å². The Hall–Kier alpha value is -0.840. The van der Waals surface area contributed by atoms with E-state index in [9.17, 15) is 0 Å². The Labute approximate surface area is 132 Å². The Bertz CT molecular complexity index is 721. The molecule has 2 aromatic carbocycles. The Morgan fingerprint density at radius 2 is 1.89 bits per heavy atom. The maximum Gasteiger partial charge on any atom is 0.134 e. The first-order chi connectivity index (χ1) is 9.24. The van der Waals surface area contributed by atoms with E-state index in [1.54, 1.807) is 11.3 Å². The van der Waals surface area contributed by atoms with Crippen LogP contribution in [0.15, 0.2) is 56.8 Å². The van der Waals surface area contributed by atoms with Crippen molar-refractivity contribution in [3.63, 3.8) is 0 Å². The standard InChI is InChI=1S/C15H10Br2OS/c16-11-7-12(19-9-11)8-18-14-6-5-10-3-1-2-4-13(10)15(14)17/h1-7,9H,8H2. The van der Waals surface area contributed by atoms with E-state index in [2.05, 4.69) is 61.5 Å². The van der Waals surface area contributed by atoms with Gasteiger partial charge in [-0.3, -0.25) is 0 Å². The number of benzene rings is 2. The second kappa shape index (κ2) is 5.65. The van der Waals surface area contributed by atoms with Gasteiger partial charge in [-0.15, -0.1) is 11.3 Å². The zero-order chi connectivity index (χ0) is 13.2. The Morgan fingerprint density at radius 1 is 1.05 bits per heavy atom. The van der Waals surface area contributed by atoms with Crippen LogP contribution in [0.25, 0.3) is 10.8 Å². The van der Waals surface area contributed by atoms with Crippen molar-refractivity contribution in [1.82, 2.24) is 0 Å². The summed E-state index contributed by atoms with van der Waals surface area (Å²) in [6, 6.07) is 14.4. The average molecular weight is 398 g/mol. The predicted octanol–water partition coefficient (Wildman–Crippen LogP) is 6.01. The fourth-order valence-electron chi connectivity index (χ4n) is 1.90. The molecule has 1 aromatic heterocycles. The highest BCUT2D eigenvalue weighted by Crippen LogP contribution is 2.33. The molecular formula is C15H10Br2OS. The van der Waals surface area contributed by atoms with E-state index in [1.165, 1.54) is 15.6 Å². The van der Waals surface area contributed by atoms with Crippen molar-refractivity contribution in [3.8, 4) is 5.75 Å². The zero-order valence-electron chi connectivity index (χ0n) is 9.90. The third-order valence-electron chi connectivity index (χ3n) is 2.82. The molecule has 0 aliphatic carbocycles. The molecule has 96 valence electrons. The largest absolute Gasteiger partial charge is 0.487 e. The van der Waals surface area contributed by atoms with Crippen LogP contribution in [0.4, 0.5) is 0 Å². The molecule has 1 heterocycles. The van der Waals surface area contributed by atoms with Gasteiger partial charge in [0.25, 0.3) is 0 Å². The number of rotatable bonds is 3. The summed E-state index contributed by atoms with van der Waals surface area (Å²) in [5.74, 6) is 0.878. The van der Waals surface area contributed by atoms with Gasteiger partial charge in [0.2, 0.25) is 0 Å². The summed E-state index contributed by atoms with van der Waals surface area (Å²) >= 11 is 8.77. The van der Waals surface area contributed by atoms with Gasteiger partial charge < -0.3 is 4.74 Å². The quantitative estimate of drug-likeness (QED) is 0.526. The highest BCUT2D eigenvalue weighted by Gasteiger charge is 2.06. The lowest BCUT2D eigenvalue weighted by Gasteiger charge is -2.09. The van der Waals surface area contributed by atoms with Crippen LogP contribution < -0.4 is 4.74 Å². The normalized spacial score (nSPS) is 10.8. The zero-order valence-corrected chi connectivity index (χ0v) is 13.9. The lowest BCUT2D eigenvalue weighted by Crippen LogP contribution is -1.93. The molecule has 4 heteroatoms. The van der Waals surface area contributed by atoms with Crippen molar-refractivity contribution in [1.29, 1.82) is 0 Å². The summed E-state index contributed by atoms with van der Waals surface area (Å²) in [4.78, 5) is 1.20. The third kappa shape index (κ3) is 2.86. The second-order valence-electron chi connectivity index (χ2n) is 4.12. The molecule has 3 rings (SSSR count). The van der Waals surface area contributed by atoms with Gasteiger partial charge in [-0.05, 0) is 54.8 Å². The van der Waals surface area contributed by atoms with Gasteiger partial charge in [0, 0.05) is 14.7 Å². The monoisotopic (exact) mass is 396 g/mol. The Kier molecular flexibility index (Phi) is 3.91. The summed E-state index contributed by atoms with van der Waals surface area (Å²) in [5.41, 5.74) is 0. The maximum absolute atomic E-state index is 5.89. The number of hydrogen-bond donors (Lipinski definition) is 0. The van der Waals surface area contributed by atoms with Crippen molar-refractivity contribution < 1.29 is 4.74 Å². The molecule has 3 aromatic rings. The Morgan fingerprint density at radius 3 is 2.68 bits per heavy atom. The van der Waals surface area contributed by atoms with E-state index < -0.39 is 0 Å². The summed E-state index contributed by atoms with van der Waals surface area (Å²) in [7, 11) is 0. The van der Waals surface area contributed by atoms with Crippen LogP contribution in [0, 0.1) is 0 Å². The summed E-state index contributed by atoms with van der Waals surface area (Å²) < 4.78 is 8.01. The van der Waals surface area contributed by atoms with Gasteiger partial charge in [-0.1, -0.05) is 30.3 Å². The van der Waals surface area contributed by atoms with Gasteiger partial charge in [-0.2, -0.15) is 0 Å².